The molecule has 0 saturated heterocycles. The number of fused-ring (bicyclic) bond motifs is 1. The highest BCUT2D eigenvalue weighted by Gasteiger charge is 2.17. The first-order chi connectivity index (χ1) is 8.97. The second kappa shape index (κ2) is 5.27. The molecule has 0 spiro atoms. The van der Waals surface area contributed by atoms with E-state index in [1.165, 1.54) is 6.92 Å². The fraction of sp³-hybridized carbons (Fsp3) is 0.250. The van der Waals surface area contributed by atoms with Crippen LogP contribution < -0.4 is 5.32 Å². The zero-order valence-corrected chi connectivity index (χ0v) is 10.9. The van der Waals surface area contributed by atoms with Gasteiger partial charge in [-0.25, -0.2) is 0 Å². The fourth-order valence-corrected chi connectivity index (χ4v) is 1.81. The first-order valence-corrected chi connectivity index (χ1v) is 6.01. The van der Waals surface area contributed by atoms with E-state index in [0.717, 1.165) is 5.39 Å². The van der Waals surface area contributed by atoms with Gasteiger partial charge in [-0.2, -0.15) is 5.10 Å². The fourth-order valence-electron chi connectivity index (χ4n) is 1.64. The third-order valence-electron chi connectivity index (χ3n) is 2.70. The summed E-state index contributed by atoms with van der Waals surface area (Å²) in [5.41, 5.74) is 0.703. The van der Waals surface area contributed by atoms with Crippen LogP contribution in [0.3, 0.4) is 0 Å². The van der Waals surface area contributed by atoms with Crippen LogP contribution in [-0.4, -0.2) is 27.2 Å². The summed E-state index contributed by atoms with van der Waals surface area (Å²) in [6, 6.07) is 5.12. The van der Waals surface area contributed by atoms with Crippen LogP contribution in [0.2, 0.25) is 5.02 Å². The Bertz CT molecular complexity index is 638. The highest BCUT2D eigenvalue weighted by Crippen LogP contribution is 2.23. The van der Waals surface area contributed by atoms with E-state index in [9.17, 15) is 9.59 Å². The van der Waals surface area contributed by atoms with E-state index in [1.54, 1.807) is 18.2 Å². The quantitative estimate of drug-likeness (QED) is 0.801. The number of nitrogens with one attached hydrogen (secondary N) is 2. The van der Waals surface area contributed by atoms with Gasteiger partial charge in [-0.1, -0.05) is 18.5 Å². The molecule has 3 N–H and O–H groups in total. The second-order valence-electron chi connectivity index (χ2n) is 4.25. The van der Waals surface area contributed by atoms with Gasteiger partial charge in [-0.3, -0.25) is 14.7 Å². The monoisotopic (exact) mass is 281 g/mol. The van der Waals surface area contributed by atoms with E-state index < -0.39 is 17.8 Å². The van der Waals surface area contributed by atoms with Crippen molar-refractivity contribution in [1.29, 1.82) is 0 Å². The minimum atomic E-state index is -1.01. The van der Waals surface area contributed by atoms with Crippen molar-refractivity contribution in [3.63, 3.8) is 0 Å². The van der Waals surface area contributed by atoms with Crippen LogP contribution in [0.25, 0.3) is 10.9 Å². The summed E-state index contributed by atoms with van der Waals surface area (Å²) in [6.45, 7) is 1.48. The van der Waals surface area contributed by atoms with Crippen molar-refractivity contribution in [3.8, 4) is 0 Å². The van der Waals surface area contributed by atoms with Gasteiger partial charge < -0.3 is 10.4 Å². The molecule has 0 aliphatic carbocycles. The van der Waals surface area contributed by atoms with Gasteiger partial charge in [0.05, 0.1) is 11.4 Å². The smallest absolute Gasteiger partial charge is 0.306 e. The largest absolute Gasteiger partial charge is 0.481 e. The molecule has 1 aromatic carbocycles. The molecule has 19 heavy (non-hydrogen) atoms. The van der Waals surface area contributed by atoms with Gasteiger partial charge in [0.1, 0.15) is 0 Å². The first-order valence-electron chi connectivity index (χ1n) is 5.63. The van der Waals surface area contributed by atoms with Crippen molar-refractivity contribution in [1.82, 2.24) is 10.2 Å². The highest BCUT2D eigenvalue weighted by molar-refractivity contribution is 6.31. The van der Waals surface area contributed by atoms with Crippen molar-refractivity contribution in [2.24, 2.45) is 5.92 Å². The predicted molar refractivity (Wildman–Crippen MR) is 71.2 cm³/mol. The Balaban J connectivity index is 2.13. The molecule has 1 unspecified atom stereocenters. The number of aromatic amines is 1. The number of benzene rings is 1. The zero-order valence-electron chi connectivity index (χ0n) is 10.1. The molecule has 100 valence electrons. The van der Waals surface area contributed by atoms with Gasteiger partial charge in [0.2, 0.25) is 5.91 Å². The molecular formula is C12H12ClN3O3. The summed E-state index contributed by atoms with van der Waals surface area (Å²) in [7, 11) is 0. The number of rotatable bonds is 4. The van der Waals surface area contributed by atoms with Crippen molar-refractivity contribution in [2.75, 3.05) is 5.32 Å². The number of anilines is 1. The number of carbonyl (C=O) groups is 2. The molecule has 1 atom stereocenters. The summed E-state index contributed by atoms with van der Waals surface area (Å²) in [5, 5.41) is 19.3. The molecule has 6 nitrogen and oxygen atoms in total. The van der Waals surface area contributed by atoms with Crippen molar-refractivity contribution < 1.29 is 14.7 Å². The Labute approximate surface area is 113 Å². The molecule has 0 saturated carbocycles. The summed E-state index contributed by atoms with van der Waals surface area (Å²) in [5.74, 6) is -1.76. The maximum atomic E-state index is 11.7. The number of hydrogen-bond acceptors (Lipinski definition) is 3. The minimum Gasteiger partial charge on any atom is -0.481 e. The van der Waals surface area contributed by atoms with Crippen LogP contribution in [0.1, 0.15) is 13.3 Å². The van der Waals surface area contributed by atoms with Gasteiger partial charge in [-0.15, -0.1) is 0 Å². The van der Waals surface area contributed by atoms with Crippen molar-refractivity contribution in [2.45, 2.75) is 13.3 Å². The first kappa shape index (κ1) is 13.4. The van der Waals surface area contributed by atoms with Gasteiger partial charge in [0.15, 0.2) is 5.82 Å². The Kier molecular flexibility index (Phi) is 3.71. The molecule has 2 aromatic rings. The molecule has 1 amide bonds. The molecule has 1 aromatic heterocycles. The number of carboxylic acids is 1. The van der Waals surface area contributed by atoms with E-state index in [2.05, 4.69) is 15.5 Å². The number of aliphatic carboxylic acids is 1. The van der Waals surface area contributed by atoms with E-state index in [4.69, 9.17) is 16.7 Å². The maximum Gasteiger partial charge on any atom is 0.306 e. The number of carbonyl (C=O) groups excluding carboxylic acids is 1. The SMILES string of the molecule is CC(CC(=O)Nc1n[nH]c2cc(Cl)ccc12)C(=O)O. The molecule has 0 aliphatic heterocycles. The summed E-state index contributed by atoms with van der Waals surface area (Å²) in [6.07, 6.45) is -0.0999. The zero-order chi connectivity index (χ0) is 14.0. The number of nitrogens with zero attached hydrogens (tertiary/aromatic N) is 1. The number of H-pyrrole nitrogens is 1. The van der Waals surface area contributed by atoms with Gasteiger partial charge in [-0.05, 0) is 18.2 Å². The van der Waals surface area contributed by atoms with Crippen LogP contribution in [0, 0.1) is 5.92 Å². The Morgan fingerprint density at radius 2 is 2.26 bits per heavy atom. The summed E-state index contributed by atoms with van der Waals surface area (Å²) >= 11 is 5.84. The normalized spacial score (nSPS) is 12.3. The lowest BCUT2D eigenvalue weighted by atomic mass is 10.1. The van der Waals surface area contributed by atoms with Gasteiger partial charge in [0, 0.05) is 16.8 Å². The van der Waals surface area contributed by atoms with Crippen LogP contribution in [0.5, 0.6) is 0 Å². The Morgan fingerprint density at radius 3 is 2.95 bits per heavy atom. The minimum absolute atomic E-state index is 0.0999. The number of halogens is 1. The molecule has 0 aliphatic rings. The molecule has 7 heteroatoms. The molecule has 0 bridgehead atoms. The third-order valence-corrected chi connectivity index (χ3v) is 2.93. The average Bonchev–Trinajstić information content (AvgIpc) is 2.71. The molecular weight excluding hydrogens is 270 g/mol. The van der Waals surface area contributed by atoms with Crippen molar-refractivity contribution >= 4 is 40.2 Å². The summed E-state index contributed by atoms with van der Waals surface area (Å²) < 4.78 is 0. The third kappa shape index (κ3) is 3.03. The van der Waals surface area contributed by atoms with Crippen LogP contribution in [-0.2, 0) is 9.59 Å². The molecule has 2 rings (SSSR count). The standard InChI is InChI=1S/C12H12ClN3O3/c1-6(12(18)19)4-10(17)14-11-8-3-2-7(13)5-9(8)15-16-11/h2-3,5-6H,4H2,1H3,(H,18,19)(H2,14,15,16,17). The second-order valence-corrected chi connectivity index (χ2v) is 4.69. The average molecular weight is 282 g/mol. The lowest BCUT2D eigenvalue weighted by Crippen LogP contribution is -2.20. The highest BCUT2D eigenvalue weighted by atomic mass is 35.5. The van der Waals surface area contributed by atoms with Gasteiger partial charge in [0.25, 0.3) is 0 Å². The van der Waals surface area contributed by atoms with E-state index in [1.807, 2.05) is 0 Å². The Hall–Kier alpha value is -2.08. The number of aromatic nitrogens is 2. The lowest BCUT2D eigenvalue weighted by Gasteiger charge is -2.05. The molecule has 1 heterocycles. The van der Waals surface area contributed by atoms with Gasteiger partial charge >= 0.3 is 5.97 Å². The molecule has 0 fully saturated rings. The summed E-state index contributed by atoms with van der Waals surface area (Å²) in [4.78, 5) is 22.4. The number of carboxylic acid groups (broad SMARTS) is 1. The van der Waals surface area contributed by atoms with E-state index in [0.29, 0.717) is 16.4 Å². The van der Waals surface area contributed by atoms with E-state index in [-0.39, 0.29) is 6.42 Å². The van der Waals surface area contributed by atoms with Crippen LogP contribution in [0.15, 0.2) is 18.2 Å². The maximum absolute atomic E-state index is 11.7. The number of hydrogen-bond donors (Lipinski definition) is 3. The number of amides is 1. The van der Waals surface area contributed by atoms with Crippen LogP contribution in [0.4, 0.5) is 5.82 Å². The topological polar surface area (TPSA) is 95.1 Å². The predicted octanol–water partition coefficient (Wildman–Crippen LogP) is 2.27. The Morgan fingerprint density at radius 1 is 1.53 bits per heavy atom. The molecule has 0 radical (unpaired) electrons. The van der Waals surface area contributed by atoms with Crippen LogP contribution >= 0.6 is 11.6 Å². The van der Waals surface area contributed by atoms with E-state index >= 15 is 0 Å². The van der Waals surface area contributed by atoms with Crippen molar-refractivity contribution in [3.05, 3.63) is 23.2 Å². The lowest BCUT2D eigenvalue weighted by molar-refractivity contribution is -0.142.